The molecule has 20 heavy (non-hydrogen) atoms. The number of carbonyl (C=O) groups excluding carboxylic acids is 1. The molecule has 1 aliphatic heterocycles. The van der Waals surface area contributed by atoms with Gasteiger partial charge in [0.15, 0.2) is 0 Å². The van der Waals surface area contributed by atoms with E-state index in [9.17, 15) is 9.59 Å². The van der Waals surface area contributed by atoms with E-state index in [1.807, 2.05) is 6.92 Å². The fourth-order valence-corrected chi connectivity index (χ4v) is 3.05. The number of aryl methyl sites for hydroxylation is 1. The van der Waals surface area contributed by atoms with Gasteiger partial charge >= 0.3 is 5.97 Å². The molecule has 2 atom stereocenters. The van der Waals surface area contributed by atoms with Crippen LogP contribution in [0.25, 0.3) is 0 Å². The summed E-state index contributed by atoms with van der Waals surface area (Å²) < 4.78 is 5.29. The molecule has 7 heteroatoms. The normalized spacial score (nSPS) is 20.4. The maximum atomic E-state index is 12.1. The fraction of sp³-hybridized carbons (Fsp3) is 0.615. The number of aromatic nitrogens is 1. The molecular weight excluding hydrogens is 280 g/mol. The molecule has 1 fully saturated rings. The molecule has 110 valence electrons. The lowest BCUT2D eigenvalue weighted by Gasteiger charge is -2.22. The second-order valence-electron chi connectivity index (χ2n) is 4.92. The highest BCUT2D eigenvalue weighted by Crippen LogP contribution is 2.24. The van der Waals surface area contributed by atoms with Gasteiger partial charge in [0.25, 0.3) is 0 Å². The fourth-order valence-electron chi connectivity index (χ4n) is 2.14. The number of rotatable bonds is 4. The Kier molecular flexibility index (Phi) is 4.72. The molecule has 1 aromatic heterocycles. The van der Waals surface area contributed by atoms with E-state index in [0.717, 1.165) is 24.2 Å². The maximum Gasteiger partial charge on any atom is 0.347 e. The average molecular weight is 298 g/mol. The lowest BCUT2D eigenvalue weighted by atomic mass is 10.0. The average Bonchev–Trinajstić information content (AvgIpc) is 2.82. The molecule has 0 bridgehead atoms. The Bertz CT molecular complexity index is 508. The summed E-state index contributed by atoms with van der Waals surface area (Å²) in [6.07, 6.45) is 1.72. The molecule has 0 radical (unpaired) electrons. The number of carboxylic acids is 1. The van der Waals surface area contributed by atoms with Gasteiger partial charge in [0.05, 0.1) is 24.3 Å². The van der Waals surface area contributed by atoms with E-state index < -0.39 is 5.97 Å². The van der Waals surface area contributed by atoms with Crippen LogP contribution in [0, 0.1) is 12.8 Å². The Balaban J connectivity index is 2.00. The van der Waals surface area contributed by atoms with E-state index in [0.29, 0.717) is 23.9 Å². The van der Waals surface area contributed by atoms with E-state index in [1.165, 1.54) is 0 Å². The predicted octanol–water partition coefficient (Wildman–Crippen LogP) is 1.75. The first kappa shape index (κ1) is 14.9. The number of hydrogen-bond acceptors (Lipinski definition) is 5. The van der Waals surface area contributed by atoms with Crippen LogP contribution in [0.4, 0.5) is 0 Å². The molecule has 0 aliphatic carbocycles. The second-order valence-corrected chi connectivity index (χ2v) is 5.95. The van der Waals surface area contributed by atoms with Crippen LogP contribution in [0.5, 0.6) is 0 Å². The van der Waals surface area contributed by atoms with Crippen LogP contribution in [0.15, 0.2) is 0 Å². The summed E-state index contributed by atoms with van der Waals surface area (Å²) in [6, 6.07) is -0.291. The number of thiazole rings is 1. The number of nitrogens with one attached hydrogen (secondary N) is 1. The van der Waals surface area contributed by atoms with Crippen LogP contribution in [-0.2, 0) is 9.53 Å². The van der Waals surface area contributed by atoms with Crippen molar-refractivity contribution in [3.05, 3.63) is 15.6 Å². The molecule has 6 nitrogen and oxygen atoms in total. The van der Waals surface area contributed by atoms with Crippen LogP contribution >= 0.6 is 11.3 Å². The Morgan fingerprint density at radius 2 is 2.30 bits per heavy atom. The summed E-state index contributed by atoms with van der Waals surface area (Å²) in [5.74, 6) is -1.15. The number of carboxylic acid groups (broad SMARTS) is 1. The quantitative estimate of drug-likeness (QED) is 0.884. The predicted molar refractivity (Wildman–Crippen MR) is 73.9 cm³/mol. The number of aromatic carboxylic acids is 1. The maximum absolute atomic E-state index is 12.1. The van der Waals surface area contributed by atoms with Crippen molar-refractivity contribution in [2.24, 2.45) is 5.92 Å². The molecule has 1 amide bonds. The molecule has 0 aromatic carbocycles. The zero-order valence-corrected chi connectivity index (χ0v) is 12.3. The van der Waals surface area contributed by atoms with Crippen molar-refractivity contribution in [2.45, 2.75) is 32.7 Å². The van der Waals surface area contributed by atoms with E-state index in [2.05, 4.69) is 10.3 Å². The first-order valence-electron chi connectivity index (χ1n) is 6.57. The summed E-state index contributed by atoms with van der Waals surface area (Å²) in [5.41, 5.74) is 0.486. The van der Waals surface area contributed by atoms with Crippen LogP contribution in [0.3, 0.4) is 0 Å². The molecule has 0 saturated carbocycles. The van der Waals surface area contributed by atoms with Crippen molar-refractivity contribution < 1.29 is 19.4 Å². The summed E-state index contributed by atoms with van der Waals surface area (Å²) in [7, 11) is 0. The van der Waals surface area contributed by atoms with Gasteiger partial charge in [0.1, 0.15) is 9.88 Å². The van der Waals surface area contributed by atoms with Crippen LogP contribution in [0.2, 0.25) is 0 Å². The largest absolute Gasteiger partial charge is 0.477 e. The first-order valence-corrected chi connectivity index (χ1v) is 7.39. The van der Waals surface area contributed by atoms with Crippen LogP contribution in [-0.4, -0.2) is 35.2 Å². The lowest BCUT2D eigenvalue weighted by molar-refractivity contribution is -0.129. The Morgan fingerprint density at radius 3 is 2.85 bits per heavy atom. The number of hydrogen-bond donors (Lipinski definition) is 2. The number of amides is 1. The van der Waals surface area contributed by atoms with Crippen LogP contribution in [0.1, 0.15) is 46.2 Å². The van der Waals surface area contributed by atoms with Crippen molar-refractivity contribution in [1.82, 2.24) is 10.3 Å². The van der Waals surface area contributed by atoms with E-state index in [1.54, 1.807) is 6.92 Å². The Hall–Kier alpha value is -1.47. The standard InChI is InChI=1S/C13H18N2O4S/c1-7-10(13(17)18)20-12(15-7)8(2)14-11(16)9-4-3-5-19-6-9/h8-9H,3-6H2,1-2H3,(H,14,16)(H,17,18). The van der Waals surface area contributed by atoms with Crippen molar-refractivity contribution in [3.63, 3.8) is 0 Å². The molecule has 1 aromatic rings. The third-order valence-corrected chi connectivity index (χ3v) is 4.60. The van der Waals surface area contributed by atoms with E-state index in [-0.39, 0.29) is 22.7 Å². The zero-order valence-electron chi connectivity index (χ0n) is 11.5. The smallest absolute Gasteiger partial charge is 0.347 e. The summed E-state index contributed by atoms with van der Waals surface area (Å²) in [4.78, 5) is 27.5. The molecule has 2 unspecified atom stereocenters. The number of nitrogens with zero attached hydrogens (tertiary/aromatic N) is 1. The molecule has 1 aliphatic rings. The monoisotopic (exact) mass is 298 g/mol. The van der Waals surface area contributed by atoms with Gasteiger partial charge < -0.3 is 15.2 Å². The summed E-state index contributed by atoms with van der Waals surface area (Å²) in [5, 5.41) is 12.5. The molecular formula is C13H18N2O4S. The highest BCUT2D eigenvalue weighted by Gasteiger charge is 2.25. The van der Waals surface area contributed by atoms with Crippen molar-refractivity contribution in [3.8, 4) is 0 Å². The minimum Gasteiger partial charge on any atom is -0.477 e. The highest BCUT2D eigenvalue weighted by atomic mass is 32.1. The Labute approximate surface area is 121 Å². The van der Waals surface area contributed by atoms with Crippen molar-refractivity contribution >= 4 is 23.2 Å². The minimum atomic E-state index is -0.981. The summed E-state index contributed by atoms with van der Waals surface area (Å²) in [6.45, 7) is 4.64. The van der Waals surface area contributed by atoms with Gasteiger partial charge in [-0.05, 0) is 26.7 Å². The van der Waals surface area contributed by atoms with E-state index >= 15 is 0 Å². The van der Waals surface area contributed by atoms with Gasteiger partial charge in [0.2, 0.25) is 5.91 Å². The van der Waals surface area contributed by atoms with Gasteiger partial charge in [-0.1, -0.05) is 0 Å². The third kappa shape index (κ3) is 3.34. The van der Waals surface area contributed by atoms with Gasteiger partial charge in [0, 0.05) is 6.61 Å². The molecule has 0 spiro atoms. The van der Waals surface area contributed by atoms with Crippen molar-refractivity contribution in [1.29, 1.82) is 0 Å². The van der Waals surface area contributed by atoms with E-state index in [4.69, 9.17) is 9.84 Å². The number of carbonyl (C=O) groups is 2. The van der Waals surface area contributed by atoms with Gasteiger partial charge in [-0.2, -0.15) is 0 Å². The number of ether oxygens (including phenoxy) is 1. The topological polar surface area (TPSA) is 88.5 Å². The zero-order chi connectivity index (χ0) is 14.7. The lowest BCUT2D eigenvalue weighted by Crippen LogP contribution is -2.36. The minimum absolute atomic E-state index is 0.0538. The summed E-state index contributed by atoms with van der Waals surface area (Å²) >= 11 is 1.11. The first-order chi connectivity index (χ1) is 9.49. The van der Waals surface area contributed by atoms with Gasteiger partial charge in [-0.25, -0.2) is 9.78 Å². The molecule has 2 N–H and O–H groups in total. The SMILES string of the molecule is Cc1nc(C(C)NC(=O)C2CCCOC2)sc1C(=O)O. The van der Waals surface area contributed by atoms with Crippen LogP contribution < -0.4 is 5.32 Å². The molecule has 2 heterocycles. The molecule has 1 saturated heterocycles. The van der Waals surface area contributed by atoms with Gasteiger partial charge in [-0.3, -0.25) is 4.79 Å². The second kappa shape index (κ2) is 6.32. The highest BCUT2D eigenvalue weighted by molar-refractivity contribution is 7.13. The van der Waals surface area contributed by atoms with Gasteiger partial charge in [-0.15, -0.1) is 11.3 Å². The third-order valence-electron chi connectivity index (χ3n) is 3.27. The Morgan fingerprint density at radius 1 is 1.55 bits per heavy atom. The van der Waals surface area contributed by atoms with Crippen molar-refractivity contribution in [2.75, 3.05) is 13.2 Å². The molecule has 2 rings (SSSR count).